The molecule has 2 rings (SSSR count). The second-order valence-electron chi connectivity index (χ2n) is 8.03. The Kier molecular flexibility index (Phi) is 9.16. The normalized spacial score (nSPS) is 27.4. The van der Waals surface area contributed by atoms with Gasteiger partial charge in [-0.2, -0.15) is 0 Å². The molecule has 9 nitrogen and oxygen atoms in total. The number of esters is 4. The molecule has 0 aromatic heterocycles. The van der Waals surface area contributed by atoms with Crippen LogP contribution in [-0.2, 0) is 38.1 Å². The Morgan fingerprint density at radius 1 is 1.21 bits per heavy atom. The quantitative estimate of drug-likeness (QED) is 0.273. The number of carbonyl (C=O) groups is 4. The molecule has 0 aromatic rings. The maximum absolute atomic E-state index is 12.6. The van der Waals surface area contributed by atoms with E-state index in [1.54, 1.807) is 19.1 Å². The fourth-order valence-corrected chi connectivity index (χ4v) is 3.69. The standard InChI is InChI=1S/C24H30O9/c1-13(8-9-25)23(28)32-21-11-18(12-30-16(4)26)6-7-19(31-17(5)27)14(2)10-20-22(21)15(3)24(29)33-20/h6,8,10,19-22,25H,3,7,9,11-12H2,1-2,4-5H3/b13-8+,14-10?,18-6-/t19-,20+,21+,22-/m0/s1. The van der Waals surface area contributed by atoms with E-state index in [0.717, 1.165) is 0 Å². The highest BCUT2D eigenvalue weighted by atomic mass is 16.6. The predicted molar refractivity (Wildman–Crippen MR) is 116 cm³/mol. The Bertz CT molecular complexity index is 909. The van der Waals surface area contributed by atoms with Gasteiger partial charge in [-0.25, -0.2) is 9.59 Å². The first-order valence-electron chi connectivity index (χ1n) is 10.6. The van der Waals surface area contributed by atoms with Crippen LogP contribution in [0.25, 0.3) is 0 Å². The van der Waals surface area contributed by atoms with E-state index in [1.807, 2.05) is 0 Å². The molecule has 0 bridgehead atoms. The molecule has 4 atom stereocenters. The van der Waals surface area contributed by atoms with E-state index < -0.39 is 48.1 Å². The average molecular weight is 462 g/mol. The van der Waals surface area contributed by atoms with Gasteiger partial charge < -0.3 is 24.1 Å². The molecule has 1 saturated heterocycles. The number of rotatable bonds is 6. The van der Waals surface area contributed by atoms with Crippen molar-refractivity contribution in [3.05, 3.63) is 47.1 Å². The minimum Gasteiger partial charge on any atom is -0.461 e. The highest BCUT2D eigenvalue weighted by Crippen LogP contribution is 2.37. The third-order valence-electron chi connectivity index (χ3n) is 5.43. The molecule has 1 heterocycles. The van der Waals surface area contributed by atoms with Crippen LogP contribution in [0.15, 0.2) is 47.1 Å². The van der Waals surface area contributed by atoms with Gasteiger partial charge in [-0.05, 0) is 37.1 Å². The first kappa shape index (κ1) is 26.1. The van der Waals surface area contributed by atoms with Crippen molar-refractivity contribution in [2.75, 3.05) is 13.2 Å². The van der Waals surface area contributed by atoms with Crippen LogP contribution < -0.4 is 0 Å². The van der Waals surface area contributed by atoms with E-state index in [-0.39, 0.29) is 37.2 Å². The summed E-state index contributed by atoms with van der Waals surface area (Å²) in [6.45, 7) is 9.26. The Balaban J connectivity index is 2.50. The highest BCUT2D eigenvalue weighted by molar-refractivity contribution is 5.92. The third kappa shape index (κ3) is 7.15. The molecule has 0 radical (unpaired) electrons. The lowest BCUT2D eigenvalue weighted by atomic mass is 9.85. The summed E-state index contributed by atoms with van der Waals surface area (Å²) in [5.74, 6) is -2.95. The molecule has 0 spiro atoms. The molecule has 1 aliphatic heterocycles. The van der Waals surface area contributed by atoms with E-state index in [0.29, 0.717) is 11.1 Å². The molecule has 1 N–H and O–H groups in total. The number of aliphatic hydroxyl groups is 1. The van der Waals surface area contributed by atoms with Crippen LogP contribution in [-0.4, -0.2) is 60.5 Å². The van der Waals surface area contributed by atoms with Crippen LogP contribution in [0, 0.1) is 5.92 Å². The zero-order valence-electron chi connectivity index (χ0n) is 19.3. The lowest BCUT2D eigenvalue weighted by Gasteiger charge is -2.29. The number of hydrogen-bond donors (Lipinski definition) is 1. The molecule has 9 heteroatoms. The zero-order chi connectivity index (χ0) is 24.7. The van der Waals surface area contributed by atoms with Crippen LogP contribution in [0.3, 0.4) is 0 Å². The van der Waals surface area contributed by atoms with E-state index in [2.05, 4.69) is 6.58 Å². The summed E-state index contributed by atoms with van der Waals surface area (Å²) in [6.07, 6.45) is 2.90. The molecule has 180 valence electrons. The van der Waals surface area contributed by atoms with Crippen molar-refractivity contribution in [2.45, 2.75) is 58.8 Å². The van der Waals surface area contributed by atoms with Crippen LogP contribution in [0.4, 0.5) is 0 Å². The van der Waals surface area contributed by atoms with Crippen molar-refractivity contribution in [1.82, 2.24) is 0 Å². The first-order valence-corrected chi connectivity index (χ1v) is 10.6. The highest BCUT2D eigenvalue weighted by Gasteiger charge is 2.45. The number of hydrogen-bond acceptors (Lipinski definition) is 9. The molecule has 0 unspecified atom stereocenters. The third-order valence-corrected chi connectivity index (χ3v) is 5.43. The Labute approximate surface area is 192 Å². The van der Waals surface area contributed by atoms with Crippen molar-refractivity contribution in [3.63, 3.8) is 0 Å². The minimum atomic E-state index is -0.861. The van der Waals surface area contributed by atoms with Gasteiger partial charge in [-0.1, -0.05) is 12.7 Å². The molecule has 0 saturated carbocycles. The van der Waals surface area contributed by atoms with Gasteiger partial charge in [0.2, 0.25) is 0 Å². The van der Waals surface area contributed by atoms with E-state index in [4.69, 9.17) is 24.1 Å². The van der Waals surface area contributed by atoms with Crippen molar-refractivity contribution in [2.24, 2.45) is 5.92 Å². The largest absolute Gasteiger partial charge is 0.461 e. The summed E-state index contributed by atoms with van der Waals surface area (Å²) >= 11 is 0. The first-order chi connectivity index (χ1) is 15.5. The molecule has 0 aromatic carbocycles. The van der Waals surface area contributed by atoms with Crippen LogP contribution >= 0.6 is 0 Å². The number of ether oxygens (including phenoxy) is 4. The van der Waals surface area contributed by atoms with E-state index in [1.165, 1.54) is 26.8 Å². The summed E-state index contributed by atoms with van der Waals surface area (Å²) in [7, 11) is 0. The minimum absolute atomic E-state index is 0.0664. The lowest BCUT2D eigenvalue weighted by Crippen LogP contribution is -2.35. The number of aliphatic hydroxyl groups excluding tert-OH is 1. The van der Waals surface area contributed by atoms with Crippen LogP contribution in [0.1, 0.15) is 40.5 Å². The SMILES string of the molecule is C=C1C(=O)O[C@@H]2C=C(C)[C@@H](OC(C)=O)C/C=C(\COC(C)=O)C[C@@H](OC(=O)/C(C)=C/CO)[C@@H]12. The maximum Gasteiger partial charge on any atom is 0.334 e. The van der Waals surface area contributed by atoms with Gasteiger partial charge in [0.05, 0.1) is 12.5 Å². The summed E-state index contributed by atoms with van der Waals surface area (Å²) in [5, 5.41) is 9.09. The topological polar surface area (TPSA) is 125 Å². The Hall–Kier alpha value is -3.20. The van der Waals surface area contributed by atoms with Crippen molar-refractivity contribution >= 4 is 23.9 Å². The van der Waals surface area contributed by atoms with Gasteiger partial charge in [0.25, 0.3) is 0 Å². The van der Waals surface area contributed by atoms with Crippen molar-refractivity contribution < 1.29 is 43.2 Å². The van der Waals surface area contributed by atoms with Gasteiger partial charge in [0.1, 0.15) is 24.9 Å². The number of carbonyl (C=O) groups excluding carboxylic acids is 4. The second-order valence-corrected chi connectivity index (χ2v) is 8.03. The predicted octanol–water partition coefficient (Wildman–Crippen LogP) is 2.10. The average Bonchev–Trinajstić information content (AvgIpc) is 3.00. The smallest absolute Gasteiger partial charge is 0.334 e. The van der Waals surface area contributed by atoms with E-state index in [9.17, 15) is 19.2 Å². The van der Waals surface area contributed by atoms with Gasteiger partial charge in [-0.3, -0.25) is 9.59 Å². The van der Waals surface area contributed by atoms with Crippen LogP contribution in [0.5, 0.6) is 0 Å². The molecule has 33 heavy (non-hydrogen) atoms. The summed E-state index contributed by atoms with van der Waals surface area (Å²) in [4.78, 5) is 48.0. The summed E-state index contributed by atoms with van der Waals surface area (Å²) in [5.41, 5.74) is 1.61. The maximum atomic E-state index is 12.6. The lowest BCUT2D eigenvalue weighted by molar-refractivity contribution is -0.148. The zero-order valence-corrected chi connectivity index (χ0v) is 19.3. The summed E-state index contributed by atoms with van der Waals surface area (Å²) < 4.78 is 21.8. The molecule has 2 aliphatic rings. The van der Waals surface area contributed by atoms with Gasteiger partial charge in [-0.15, -0.1) is 0 Å². The van der Waals surface area contributed by atoms with Crippen molar-refractivity contribution in [1.29, 1.82) is 0 Å². The monoisotopic (exact) mass is 462 g/mol. The van der Waals surface area contributed by atoms with Crippen molar-refractivity contribution in [3.8, 4) is 0 Å². The molecule has 1 fully saturated rings. The molecule has 1 aliphatic carbocycles. The van der Waals surface area contributed by atoms with Gasteiger partial charge >= 0.3 is 23.9 Å². The molecular formula is C24H30O9. The summed E-state index contributed by atoms with van der Waals surface area (Å²) in [6, 6.07) is 0. The fraction of sp³-hybridized carbons (Fsp3) is 0.500. The Morgan fingerprint density at radius 3 is 2.52 bits per heavy atom. The van der Waals surface area contributed by atoms with Gasteiger partial charge in [0, 0.05) is 37.8 Å². The van der Waals surface area contributed by atoms with Gasteiger partial charge in [0.15, 0.2) is 0 Å². The van der Waals surface area contributed by atoms with E-state index >= 15 is 0 Å². The molecular weight excluding hydrogens is 432 g/mol. The fourth-order valence-electron chi connectivity index (χ4n) is 3.69. The molecule has 0 amide bonds. The number of fused-ring (bicyclic) bond motifs is 1. The second kappa shape index (κ2) is 11.6. The Morgan fingerprint density at radius 2 is 1.91 bits per heavy atom. The van der Waals surface area contributed by atoms with Crippen LogP contribution in [0.2, 0.25) is 0 Å².